The van der Waals surface area contributed by atoms with Crippen LogP contribution in [0.25, 0.3) is 17.1 Å². The minimum atomic E-state index is -0.245. The highest BCUT2D eigenvalue weighted by molar-refractivity contribution is 5.57. The SMILES string of the molecule is CCOc1cnc(-c2cccc(C(C)c3nn(-c4cnn(CCO)c4)ccc3=O)c2)nc1. The lowest BCUT2D eigenvalue weighted by Crippen LogP contribution is -2.18. The van der Waals surface area contributed by atoms with Gasteiger partial charge in [-0.1, -0.05) is 25.1 Å². The van der Waals surface area contributed by atoms with Gasteiger partial charge in [0, 0.05) is 23.7 Å². The van der Waals surface area contributed by atoms with Gasteiger partial charge in [-0.2, -0.15) is 10.2 Å². The van der Waals surface area contributed by atoms with Crippen LogP contribution in [-0.4, -0.2) is 47.8 Å². The lowest BCUT2D eigenvalue weighted by molar-refractivity contribution is 0.269. The molecular weight excluding hydrogens is 408 g/mol. The van der Waals surface area contributed by atoms with Crippen LogP contribution in [0.1, 0.15) is 31.0 Å². The van der Waals surface area contributed by atoms with Crippen molar-refractivity contribution in [2.45, 2.75) is 26.3 Å². The number of aliphatic hydroxyl groups is 1. The Bertz CT molecular complexity index is 1250. The molecule has 0 aliphatic carbocycles. The van der Waals surface area contributed by atoms with Crippen molar-refractivity contribution in [2.24, 2.45) is 0 Å². The second-order valence-corrected chi connectivity index (χ2v) is 7.22. The molecule has 1 atom stereocenters. The molecule has 9 nitrogen and oxygen atoms in total. The van der Waals surface area contributed by atoms with Gasteiger partial charge in [0.15, 0.2) is 11.6 Å². The van der Waals surface area contributed by atoms with Gasteiger partial charge in [-0.05, 0) is 18.6 Å². The van der Waals surface area contributed by atoms with Gasteiger partial charge in [0.25, 0.3) is 0 Å². The summed E-state index contributed by atoms with van der Waals surface area (Å²) < 4.78 is 8.65. The molecule has 3 heterocycles. The van der Waals surface area contributed by atoms with E-state index in [1.807, 2.05) is 38.1 Å². The van der Waals surface area contributed by atoms with Crippen LogP contribution in [0.5, 0.6) is 5.75 Å². The zero-order chi connectivity index (χ0) is 22.5. The van der Waals surface area contributed by atoms with E-state index in [0.29, 0.717) is 36.1 Å². The maximum Gasteiger partial charge on any atom is 0.203 e. The predicted octanol–water partition coefficient (Wildman–Crippen LogP) is 2.43. The molecule has 4 rings (SSSR count). The summed E-state index contributed by atoms with van der Waals surface area (Å²) in [4.78, 5) is 21.4. The van der Waals surface area contributed by atoms with Gasteiger partial charge in [-0.25, -0.2) is 14.6 Å². The molecule has 0 saturated carbocycles. The second kappa shape index (κ2) is 9.52. The van der Waals surface area contributed by atoms with Crippen molar-refractivity contribution in [1.82, 2.24) is 29.5 Å². The highest BCUT2D eigenvalue weighted by Gasteiger charge is 2.16. The highest BCUT2D eigenvalue weighted by atomic mass is 16.5. The Kier molecular flexibility index (Phi) is 6.37. The minimum absolute atomic E-state index is 0.00456. The number of ether oxygens (including phenoxy) is 1. The molecular formula is C23H24N6O3. The number of rotatable bonds is 8. The monoisotopic (exact) mass is 432 g/mol. The molecule has 4 aromatic rings. The number of hydrogen-bond donors (Lipinski definition) is 1. The fourth-order valence-electron chi connectivity index (χ4n) is 3.37. The van der Waals surface area contributed by atoms with Crippen molar-refractivity contribution in [3.05, 3.63) is 82.8 Å². The van der Waals surface area contributed by atoms with Crippen LogP contribution in [0, 0.1) is 0 Å². The van der Waals surface area contributed by atoms with Crippen molar-refractivity contribution in [3.63, 3.8) is 0 Å². The van der Waals surface area contributed by atoms with E-state index in [4.69, 9.17) is 9.84 Å². The molecule has 32 heavy (non-hydrogen) atoms. The summed E-state index contributed by atoms with van der Waals surface area (Å²) in [7, 11) is 0. The second-order valence-electron chi connectivity index (χ2n) is 7.22. The Balaban J connectivity index is 1.63. The first-order chi connectivity index (χ1) is 15.6. The third-order valence-corrected chi connectivity index (χ3v) is 5.04. The molecule has 1 aromatic carbocycles. The number of aliphatic hydroxyl groups excluding tert-OH is 1. The van der Waals surface area contributed by atoms with Crippen molar-refractivity contribution < 1.29 is 9.84 Å². The van der Waals surface area contributed by atoms with Crippen LogP contribution in [0.4, 0.5) is 0 Å². The van der Waals surface area contributed by atoms with Crippen LogP contribution in [0.2, 0.25) is 0 Å². The Morgan fingerprint density at radius 2 is 1.97 bits per heavy atom. The predicted molar refractivity (Wildman–Crippen MR) is 119 cm³/mol. The van der Waals surface area contributed by atoms with Gasteiger partial charge in [0.1, 0.15) is 11.4 Å². The molecule has 0 fully saturated rings. The van der Waals surface area contributed by atoms with Crippen LogP contribution >= 0.6 is 0 Å². The van der Waals surface area contributed by atoms with Gasteiger partial charge in [-0.15, -0.1) is 0 Å². The molecule has 0 bridgehead atoms. The molecule has 0 aliphatic rings. The van der Waals surface area contributed by atoms with Gasteiger partial charge < -0.3 is 9.84 Å². The van der Waals surface area contributed by atoms with E-state index < -0.39 is 0 Å². The fraction of sp³-hybridized carbons (Fsp3) is 0.261. The normalized spacial score (nSPS) is 12.0. The van der Waals surface area contributed by atoms with E-state index in [1.54, 1.807) is 40.3 Å². The summed E-state index contributed by atoms with van der Waals surface area (Å²) in [5, 5.41) is 17.8. The highest BCUT2D eigenvalue weighted by Crippen LogP contribution is 2.25. The number of hydrogen-bond acceptors (Lipinski definition) is 7. The molecule has 0 radical (unpaired) electrons. The third-order valence-electron chi connectivity index (χ3n) is 5.04. The number of benzene rings is 1. The van der Waals surface area contributed by atoms with Crippen molar-refractivity contribution in [3.8, 4) is 22.8 Å². The Morgan fingerprint density at radius 3 is 2.72 bits per heavy atom. The van der Waals surface area contributed by atoms with E-state index in [9.17, 15) is 4.79 Å². The first kappa shape index (κ1) is 21.4. The average Bonchev–Trinajstić information content (AvgIpc) is 3.29. The number of aromatic nitrogens is 6. The molecule has 9 heteroatoms. The topological polar surface area (TPSA) is 108 Å². The van der Waals surface area contributed by atoms with Crippen molar-refractivity contribution in [2.75, 3.05) is 13.2 Å². The van der Waals surface area contributed by atoms with E-state index in [0.717, 1.165) is 11.1 Å². The summed E-state index contributed by atoms with van der Waals surface area (Å²) in [6, 6.07) is 9.28. The third kappa shape index (κ3) is 4.57. The van der Waals surface area contributed by atoms with E-state index in [-0.39, 0.29) is 18.0 Å². The van der Waals surface area contributed by atoms with Gasteiger partial charge in [-0.3, -0.25) is 9.48 Å². The molecule has 1 N–H and O–H groups in total. The Morgan fingerprint density at radius 1 is 1.16 bits per heavy atom. The smallest absolute Gasteiger partial charge is 0.203 e. The van der Waals surface area contributed by atoms with Gasteiger partial charge in [0.05, 0.1) is 44.5 Å². The van der Waals surface area contributed by atoms with Crippen LogP contribution < -0.4 is 10.2 Å². The summed E-state index contributed by atoms with van der Waals surface area (Å²) in [5.41, 5.74) is 2.77. The average molecular weight is 432 g/mol. The van der Waals surface area contributed by atoms with Crippen molar-refractivity contribution >= 4 is 0 Å². The largest absolute Gasteiger partial charge is 0.491 e. The zero-order valence-electron chi connectivity index (χ0n) is 17.9. The first-order valence-corrected chi connectivity index (χ1v) is 10.4. The van der Waals surface area contributed by atoms with Crippen LogP contribution in [0.15, 0.2) is 66.1 Å². The van der Waals surface area contributed by atoms with E-state index >= 15 is 0 Å². The van der Waals surface area contributed by atoms with Gasteiger partial charge >= 0.3 is 0 Å². The van der Waals surface area contributed by atoms with Crippen LogP contribution in [-0.2, 0) is 6.54 Å². The first-order valence-electron chi connectivity index (χ1n) is 10.4. The lowest BCUT2D eigenvalue weighted by atomic mass is 9.95. The molecule has 0 spiro atoms. The van der Waals surface area contributed by atoms with Crippen LogP contribution in [0.3, 0.4) is 0 Å². The summed E-state index contributed by atoms with van der Waals surface area (Å²) in [6.45, 7) is 4.80. The maximum atomic E-state index is 12.6. The Labute approximate surface area is 185 Å². The molecule has 164 valence electrons. The molecule has 3 aromatic heterocycles. The zero-order valence-corrected chi connectivity index (χ0v) is 17.9. The fourth-order valence-corrected chi connectivity index (χ4v) is 3.37. The molecule has 0 saturated heterocycles. The van der Waals surface area contributed by atoms with Gasteiger partial charge in [0.2, 0.25) is 5.43 Å². The van der Waals surface area contributed by atoms with E-state index in [1.165, 1.54) is 6.07 Å². The Hall–Kier alpha value is -3.85. The minimum Gasteiger partial charge on any atom is -0.491 e. The standard InChI is InChI=1S/C23H24N6O3/c1-3-32-20-13-24-23(25-14-20)18-6-4-5-17(11-18)16(2)22-21(31)7-8-29(27-22)19-12-26-28(15-19)9-10-30/h4-8,11-16,30H,3,9-10H2,1-2H3. The molecule has 0 aliphatic heterocycles. The summed E-state index contributed by atoms with van der Waals surface area (Å²) in [5.74, 6) is 0.958. The van der Waals surface area contributed by atoms with Crippen molar-refractivity contribution in [1.29, 1.82) is 0 Å². The quantitative estimate of drug-likeness (QED) is 0.455. The lowest BCUT2D eigenvalue weighted by Gasteiger charge is -2.13. The summed E-state index contributed by atoms with van der Waals surface area (Å²) in [6.07, 6.45) is 8.33. The molecule has 0 amide bonds. The van der Waals surface area contributed by atoms with E-state index in [2.05, 4.69) is 20.2 Å². The summed E-state index contributed by atoms with van der Waals surface area (Å²) >= 11 is 0. The maximum absolute atomic E-state index is 12.6. The molecule has 1 unspecified atom stereocenters. The number of nitrogens with zero attached hydrogens (tertiary/aromatic N) is 6.